The highest BCUT2D eigenvalue weighted by Crippen LogP contribution is 2.41. The van der Waals surface area contributed by atoms with Crippen LogP contribution < -0.4 is 5.32 Å². The Morgan fingerprint density at radius 1 is 1.20 bits per heavy atom. The van der Waals surface area contributed by atoms with Crippen molar-refractivity contribution in [1.82, 2.24) is 20.1 Å². The topological polar surface area (TPSA) is 42.7 Å². The predicted octanol–water partition coefficient (Wildman–Crippen LogP) is 2.48. The Hall–Kier alpha value is -1.68. The number of hydrogen-bond acceptors (Lipinski definition) is 3. The van der Waals surface area contributed by atoms with Crippen LogP contribution in [0.5, 0.6) is 0 Å². The number of nitrogens with one attached hydrogen (secondary N) is 1. The summed E-state index contributed by atoms with van der Waals surface area (Å²) in [6, 6.07) is 11.0. The summed E-state index contributed by atoms with van der Waals surface area (Å²) < 4.78 is 2.34. The summed E-state index contributed by atoms with van der Waals surface area (Å²) in [7, 11) is 0. The second kappa shape index (κ2) is 4.70. The lowest BCUT2D eigenvalue weighted by Gasteiger charge is -2.26. The molecule has 1 aromatic carbocycles. The Morgan fingerprint density at radius 2 is 2.00 bits per heavy atom. The third-order valence-corrected chi connectivity index (χ3v) is 4.57. The summed E-state index contributed by atoms with van der Waals surface area (Å²) in [5, 5.41) is 12.6. The summed E-state index contributed by atoms with van der Waals surface area (Å²) >= 11 is 0. The van der Waals surface area contributed by atoms with Gasteiger partial charge in [0.1, 0.15) is 5.82 Å². The molecular weight excluding hydrogens is 248 g/mol. The molecule has 4 rings (SSSR count). The van der Waals surface area contributed by atoms with Gasteiger partial charge in [0.2, 0.25) is 0 Å². The molecule has 0 spiro atoms. The van der Waals surface area contributed by atoms with Gasteiger partial charge in [0.05, 0.1) is 6.04 Å². The van der Waals surface area contributed by atoms with Crippen molar-refractivity contribution in [2.45, 2.75) is 38.3 Å². The van der Waals surface area contributed by atoms with Crippen LogP contribution in [-0.2, 0) is 6.54 Å². The normalized spacial score (nSPS) is 23.4. The van der Waals surface area contributed by atoms with Crippen LogP contribution in [0.3, 0.4) is 0 Å². The van der Waals surface area contributed by atoms with Crippen LogP contribution in [0.4, 0.5) is 0 Å². The molecule has 2 aromatic rings. The summed E-state index contributed by atoms with van der Waals surface area (Å²) in [6.07, 6.45) is 2.65. The SMILES string of the molecule is CC(c1ccccc1)c1nnc2n1CCNC2C1CC1. The van der Waals surface area contributed by atoms with Gasteiger partial charge in [0.25, 0.3) is 0 Å². The average molecular weight is 268 g/mol. The number of nitrogens with zero attached hydrogens (tertiary/aromatic N) is 3. The standard InChI is InChI=1S/C16H20N4/c1-11(12-5-3-2-4-6-12)15-18-19-16-14(13-7-8-13)17-9-10-20(15)16/h2-6,11,13-14,17H,7-10H2,1H3. The zero-order chi connectivity index (χ0) is 13.5. The Labute approximate surface area is 119 Å². The number of aromatic nitrogens is 3. The molecule has 104 valence electrons. The van der Waals surface area contributed by atoms with E-state index in [-0.39, 0.29) is 0 Å². The van der Waals surface area contributed by atoms with Gasteiger partial charge in [0, 0.05) is 19.0 Å². The lowest BCUT2D eigenvalue weighted by molar-refractivity contribution is 0.375. The quantitative estimate of drug-likeness (QED) is 0.930. The van der Waals surface area contributed by atoms with Crippen molar-refractivity contribution in [2.24, 2.45) is 5.92 Å². The van der Waals surface area contributed by atoms with Crippen LogP contribution in [-0.4, -0.2) is 21.3 Å². The summed E-state index contributed by atoms with van der Waals surface area (Å²) in [4.78, 5) is 0. The fourth-order valence-corrected chi connectivity index (χ4v) is 3.23. The van der Waals surface area contributed by atoms with E-state index in [0.29, 0.717) is 12.0 Å². The maximum Gasteiger partial charge on any atom is 0.150 e. The Morgan fingerprint density at radius 3 is 2.75 bits per heavy atom. The summed E-state index contributed by atoms with van der Waals surface area (Å²) in [5.74, 6) is 3.34. The molecule has 1 aliphatic heterocycles. The summed E-state index contributed by atoms with van der Waals surface area (Å²) in [6.45, 7) is 4.24. The summed E-state index contributed by atoms with van der Waals surface area (Å²) in [5.41, 5.74) is 1.31. The van der Waals surface area contributed by atoms with Gasteiger partial charge < -0.3 is 9.88 Å². The van der Waals surface area contributed by atoms with E-state index in [1.54, 1.807) is 0 Å². The molecule has 2 aliphatic rings. The van der Waals surface area contributed by atoms with Crippen molar-refractivity contribution in [1.29, 1.82) is 0 Å². The second-order valence-electron chi connectivity index (χ2n) is 5.97. The van der Waals surface area contributed by atoms with Gasteiger partial charge in [-0.25, -0.2) is 0 Å². The van der Waals surface area contributed by atoms with Gasteiger partial charge in [-0.15, -0.1) is 10.2 Å². The maximum atomic E-state index is 4.51. The van der Waals surface area contributed by atoms with E-state index in [9.17, 15) is 0 Å². The highest BCUT2D eigenvalue weighted by atomic mass is 15.3. The smallest absolute Gasteiger partial charge is 0.150 e. The van der Waals surface area contributed by atoms with E-state index in [4.69, 9.17) is 0 Å². The van der Waals surface area contributed by atoms with Crippen molar-refractivity contribution in [3.8, 4) is 0 Å². The van der Waals surface area contributed by atoms with Crippen LogP contribution in [0.15, 0.2) is 30.3 Å². The third-order valence-electron chi connectivity index (χ3n) is 4.57. The molecule has 0 bridgehead atoms. The number of fused-ring (bicyclic) bond motifs is 1. The van der Waals surface area contributed by atoms with Crippen molar-refractivity contribution in [3.05, 3.63) is 47.5 Å². The third kappa shape index (κ3) is 1.95. The monoisotopic (exact) mass is 268 g/mol. The molecule has 2 unspecified atom stereocenters. The minimum atomic E-state index is 0.301. The first kappa shape index (κ1) is 12.1. The zero-order valence-electron chi connectivity index (χ0n) is 11.8. The zero-order valence-corrected chi connectivity index (χ0v) is 11.8. The van der Waals surface area contributed by atoms with E-state index in [0.717, 1.165) is 30.7 Å². The van der Waals surface area contributed by atoms with Gasteiger partial charge in [-0.1, -0.05) is 37.3 Å². The largest absolute Gasteiger partial charge is 0.312 e. The number of benzene rings is 1. The first-order valence-corrected chi connectivity index (χ1v) is 7.56. The molecular formula is C16H20N4. The van der Waals surface area contributed by atoms with E-state index in [1.165, 1.54) is 18.4 Å². The average Bonchev–Trinajstić information content (AvgIpc) is 3.26. The Bertz CT molecular complexity index is 600. The van der Waals surface area contributed by atoms with Crippen LogP contribution in [0, 0.1) is 5.92 Å². The highest BCUT2D eigenvalue weighted by Gasteiger charge is 2.38. The van der Waals surface area contributed by atoms with Crippen molar-refractivity contribution >= 4 is 0 Å². The van der Waals surface area contributed by atoms with Crippen molar-refractivity contribution in [2.75, 3.05) is 6.54 Å². The van der Waals surface area contributed by atoms with Gasteiger partial charge >= 0.3 is 0 Å². The van der Waals surface area contributed by atoms with E-state index >= 15 is 0 Å². The molecule has 1 aromatic heterocycles. The molecule has 1 N–H and O–H groups in total. The molecule has 1 saturated carbocycles. The van der Waals surface area contributed by atoms with Crippen LogP contribution >= 0.6 is 0 Å². The van der Waals surface area contributed by atoms with Gasteiger partial charge in [-0.3, -0.25) is 0 Å². The van der Waals surface area contributed by atoms with Crippen LogP contribution in [0.1, 0.15) is 48.9 Å². The van der Waals surface area contributed by atoms with E-state index in [1.807, 2.05) is 0 Å². The molecule has 2 atom stereocenters. The number of hydrogen-bond donors (Lipinski definition) is 1. The van der Waals surface area contributed by atoms with Crippen LogP contribution in [0.2, 0.25) is 0 Å². The second-order valence-corrected chi connectivity index (χ2v) is 5.97. The van der Waals surface area contributed by atoms with Crippen molar-refractivity contribution < 1.29 is 0 Å². The van der Waals surface area contributed by atoms with Crippen LogP contribution in [0.25, 0.3) is 0 Å². The fraction of sp³-hybridized carbons (Fsp3) is 0.500. The van der Waals surface area contributed by atoms with Gasteiger partial charge in [0.15, 0.2) is 5.82 Å². The first-order valence-electron chi connectivity index (χ1n) is 7.56. The molecule has 0 saturated heterocycles. The molecule has 20 heavy (non-hydrogen) atoms. The van der Waals surface area contributed by atoms with E-state index < -0.39 is 0 Å². The van der Waals surface area contributed by atoms with Crippen molar-refractivity contribution in [3.63, 3.8) is 0 Å². The van der Waals surface area contributed by atoms with Gasteiger partial charge in [-0.05, 0) is 24.3 Å². The molecule has 1 fully saturated rings. The molecule has 2 heterocycles. The molecule has 4 heteroatoms. The first-order chi connectivity index (χ1) is 9.84. The predicted molar refractivity (Wildman–Crippen MR) is 77.4 cm³/mol. The molecule has 0 amide bonds. The van der Waals surface area contributed by atoms with E-state index in [2.05, 4.69) is 57.3 Å². The minimum Gasteiger partial charge on any atom is -0.312 e. The minimum absolute atomic E-state index is 0.301. The fourth-order valence-electron chi connectivity index (χ4n) is 3.23. The van der Waals surface area contributed by atoms with Gasteiger partial charge in [-0.2, -0.15) is 0 Å². The molecule has 0 radical (unpaired) electrons. The highest BCUT2D eigenvalue weighted by molar-refractivity contribution is 5.25. The lowest BCUT2D eigenvalue weighted by Crippen LogP contribution is -2.35. The lowest BCUT2D eigenvalue weighted by atomic mass is 10.00. The Balaban J connectivity index is 1.70. The molecule has 4 nitrogen and oxygen atoms in total. The maximum absolute atomic E-state index is 4.51. The number of rotatable bonds is 3. The molecule has 1 aliphatic carbocycles. The Kier molecular flexibility index (Phi) is 2.84.